The van der Waals surface area contributed by atoms with Crippen LogP contribution in [0.2, 0.25) is 0 Å². The van der Waals surface area contributed by atoms with E-state index < -0.39 is 0 Å². The maximum atomic E-state index is 4.17. The molecule has 0 fully saturated rings. The molecule has 0 spiro atoms. The molecule has 1 nitrogen and oxygen atoms in total. The largest absolute Gasteiger partial charge is 0.248 e. The van der Waals surface area contributed by atoms with Gasteiger partial charge >= 0.3 is 0 Å². The summed E-state index contributed by atoms with van der Waals surface area (Å²) in [6.45, 7) is 4.30. The third-order valence-electron chi connectivity index (χ3n) is 1.48. The maximum Gasteiger partial charge on any atom is 0.120 e. The highest BCUT2D eigenvalue weighted by Gasteiger charge is 2.02. The summed E-state index contributed by atoms with van der Waals surface area (Å²) in [6.07, 6.45) is 1.89. The van der Waals surface area contributed by atoms with Gasteiger partial charge in [-0.05, 0) is 49.4 Å². The molecule has 1 aromatic heterocycles. The van der Waals surface area contributed by atoms with Gasteiger partial charge in [-0.15, -0.1) is 0 Å². The standard InChI is InChI=1S/C8H9Br2N/c1-5(2)6-3-7(9)8(10)11-4-6/h3-5H,1-2H3. The van der Waals surface area contributed by atoms with Crippen molar-refractivity contribution in [3.05, 3.63) is 26.9 Å². The van der Waals surface area contributed by atoms with E-state index in [-0.39, 0.29) is 0 Å². The van der Waals surface area contributed by atoms with E-state index in [1.165, 1.54) is 5.56 Å². The van der Waals surface area contributed by atoms with Gasteiger partial charge in [-0.25, -0.2) is 4.98 Å². The highest BCUT2D eigenvalue weighted by Crippen LogP contribution is 2.24. The zero-order valence-corrected chi connectivity index (χ0v) is 9.61. The quantitative estimate of drug-likeness (QED) is 0.714. The molecule has 0 unspecified atom stereocenters. The number of rotatable bonds is 1. The second-order valence-electron chi connectivity index (χ2n) is 2.70. The molecule has 0 amide bonds. The summed E-state index contributed by atoms with van der Waals surface area (Å²) in [5.41, 5.74) is 1.25. The third kappa shape index (κ3) is 2.27. The summed E-state index contributed by atoms with van der Waals surface area (Å²) < 4.78 is 1.88. The highest BCUT2D eigenvalue weighted by molar-refractivity contribution is 9.13. The van der Waals surface area contributed by atoms with E-state index in [9.17, 15) is 0 Å². The lowest BCUT2D eigenvalue weighted by Crippen LogP contribution is -1.89. The fourth-order valence-electron chi connectivity index (χ4n) is 0.752. The molecule has 0 saturated carbocycles. The van der Waals surface area contributed by atoms with Crippen LogP contribution in [0.25, 0.3) is 0 Å². The van der Waals surface area contributed by atoms with Crippen molar-refractivity contribution in [3.8, 4) is 0 Å². The van der Waals surface area contributed by atoms with Gasteiger partial charge in [0.2, 0.25) is 0 Å². The van der Waals surface area contributed by atoms with Gasteiger partial charge < -0.3 is 0 Å². The van der Waals surface area contributed by atoms with Crippen molar-refractivity contribution in [3.63, 3.8) is 0 Å². The average Bonchev–Trinajstić information content (AvgIpc) is 1.94. The molecule has 0 bridgehead atoms. The first-order chi connectivity index (χ1) is 5.11. The fourth-order valence-corrected chi connectivity index (χ4v) is 1.34. The second-order valence-corrected chi connectivity index (χ2v) is 4.30. The van der Waals surface area contributed by atoms with E-state index >= 15 is 0 Å². The molecule has 11 heavy (non-hydrogen) atoms. The van der Waals surface area contributed by atoms with Gasteiger partial charge in [0.15, 0.2) is 0 Å². The highest BCUT2D eigenvalue weighted by atomic mass is 79.9. The predicted molar refractivity (Wildman–Crippen MR) is 53.7 cm³/mol. The molecular weight excluding hydrogens is 270 g/mol. The van der Waals surface area contributed by atoms with Crippen molar-refractivity contribution in [2.75, 3.05) is 0 Å². The summed E-state index contributed by atoms with van der Waals surface area (Å²) in [7, 11) is 0. The molecule has 0 aliphatic carbocycles. The Morgan fingerprint density at radius 1 is 1.36 bits per heavy atom. The van der Waals surface area contributed by atoms with E-state index in [0.29, 0.717) is 5.92 Å². The Labute approximate surface area is 83.5 Å². The Morgan fingerprint density at radius 2 is 2.00 bits per heavy atom. The van der Waals surface area contributed by atoms with Crippen LogP contribution in [0.15, 0.2) is 21.3 Å². The molecule has 0 N–H and O–H groups in total. The minimum atomic E-state index is 0.534. The van der Waals surface area contributed by atoms with Gasteiger partial charge in [0.25, 0.3) is 0 Å². The number of hydrogen-bond acceptors (Lipinski definition) is 1. The molecule has 0 aliphatic heterocycles. The van der Waals surface area contributed by atoms with Crippen molar-refractivity contribution in [2.24, 2.45) is 0 Å². The zero-order valence-electron chi connectivity index (χ0n) is 6.44. The van der Waals surface area contributed by atoms with Crippen molar-refractivity contribution in [1.29, 1.82) is 0 Å². The van der Waals surface area contributed by atoms with Crippen LogP contribution in [0.5, 0.6) is 0 Å². The number of hydrogen-bond donors (Lipinski definition) is 0. The van der Waals surface area contributed by atoms with E-state index in [4.69, 9.17) is 0 Å². The van der Waals surface area contributed by atoms with Gasteiger partial charge in [0, 0.05) is 6.20 Å². The van der Waals surface area contributed by atoms with Crippen molar-refractivity contribution >= 4 is 31.9 Å². The van der Waals surface area contributed by atoms with Crippen LogP contribution < -0.4 is 0 Å². The van der Waals surface area contributed by atoms with Crippen LogP contribution in [0.4, 0.5) is 0 Å². The first-order valence-electron chi connectivity index (χ1n) is 3.42. The summed E-state index contributed by atoms with van der Waals surface area (Å²) in [4.78, 5) is 4.17. The Balaban J connectivity index is 3.05. The molecule has 0 aromatic carbocycles. The van der Waals surface area contributed by atoms with Gasteiger partial charge in [-0.2, -0.15) is 0 Å². The topological polar surface area (TPSA) is 12.9 Å². The maximum absolute atomic E-state index is 4.17. The van der Waals surface area contributed by atoms with Crippen molar-refractivity contribution < 1.29 is 0 Å². The number of pyridine rings is 1. The summed E-state index contributed by atoms with van der Waals surface area (Å²) in [6, 6.07) is 2.09. The average molecular weight is 279 g/mol. The molecule has 60 valence electrons. The van der Waals surface area contributed by atoms with Crippen LogP contribution in [-0.2, 0) is 0 Å². The van der Waals surface area contributed by atoms with Crippen molar-refractivity contribution in [1.82, 2.24) is 4.98 Å². The predicted octanol–water partition coefficient (Wildman–Crippen LogP) is 3.73. The summed E-state index contributed by atoms with van der Waals surface area (Å²) in [5, 5.41) is 0. The Morgan fingerprint density at radius 3 is 2.45 bits per heavy atom. The molecule has 1 heterocycles. The first kappa shape index (κ1) is 9.20. The molecule has 0 radical (unpaired) electrons. The summed E-state index contributed by atoms with van der Waals surface area (Å²) in [5.74, 6) is 0.534. The minimum absolute atomic E-state index is 0.534. The van der Waals surface area contributed by atoms with E-state index in [1.807, 2.05) is 6.20 Å². The molecule has 0 atom stereocenters. The third-order valence-corrected chi connectivity index (χ3v) is 3.25. The lowest BCUT2D eigenvalue weighted by atomic mass is 10.1. The Kier molecular flexibility index (Phi) is 3.07. The van der Waals surface area contributed by atoms with Gasteiger partial charge in [-0.3, -0.25) is 0 Å². The van der Waals surface area contributed by atoms with E-state index in [0.717, 1.165) is 9.08 Å². The molecule has 0 saturated heterocycles. The van der Waals surface area contributed by atoms with Crippen LogP contribution in [0, 0.1) is 0 Å². The fraction of sp³-hybridized carbons (Fsp3) is 0.375. The van der Waals surface area contributed by atoms with E-state index in [2.05, 4.69) is 56.8 Å². The zero-order chi connectivity index (χ0) is 8.43. The Bertz CT molecular complexity index is 258. The van der Waals surface area contributed by atoms with E-state index in [1.54, 1.807) is 0 Å². The normalized spacial score (nSPS) is 10.6. The van der Waals surface area contributed by atoms with Crippen molar-refractivity contribution in [2.45, 2.75) is 19.8 Å². The lowest BCUT2D eigenvalue weighted by Gasteiger charge is -2.04. The molecule has 0 aliphatic rings. The number of halogens is 2. The van der Waals surface area contributed by atoms with Crippen LogP contribution >= 0.6 is 31.9 Å². The monoisotopic (exact) mass is 277 g/mol. The molecule has 1 aromatic rings. The van der Waals surface area contributed by atoms with Crippen LogP contribution in [-0.4, -0.2) is 4.98 Å². The van der Waals surface area contributed by atoms with Gasteiger partial charge in [0.05, 0.1) is 4.47 Å². The number of nitrogens with zero attached hydrogens (tertiary/aromatic N) is 1. The van der Waals surface area contributed by atoms with Crippen LogP contribution in [0.3, 0.4) is 0 Å². The molecule has 1 rings (SSSR count). The SMILES string of the molecule is CC(C)c1cnc(Br)c(Br)c1. The molecule has 3 heteroatoms. The number of aromatic nitrogens is 1. The van der Waals surface area contributed by atoms with Crippen LogP contribution in [0.1, 0.15) is 25.3 Å². The summed E-state index contributed by atoms with van der Waals surface area (Å²) >= 11 is 6.73. The first-order valence-corrected chi connectivity index (χ1v) is 5.01. The Hall–Kier alpha value is 0.110. The smallest absolute Gasteiger partial charge is 0.120 e. The van der Waals surface area contributed by atoms with Gasteiger partial charge in [-0.1, -0.05) is 13.8 Å². The second kappa shape index (κ2) is 3.68. The molecular formula is C8H9Br2N. The van der Waals surface area contributed by atoms with Gasteiger partial charge in [0.1, 0.15) is 4.60 Å². The minimum Gasteiger partial charge on any atom is -0.248 e. The lowest BCUT2D eigenvalue weighted by molar-refractivity contribution is 0.855.